The van der Waals surface area contributed by atoms with Gasteiger partial charge >= 0.3 is 0 Å². The van der Waals surface area contributed by atoms with Crippen LogP contribution in [0.3, 0.4) is 0 Å². The molecule has 0 atom stereocenters. The molecule has 18 heavy (non-hydrogen) atoms. The Hall–Kier alpha value is -1.65. The second-order valence-electron chi connectivity index (χ2n) is 3.28. The smallest absolute Gasteiger partial charge is 0.155 e. The lowest BCUT2D eigenvalue weighted by Gasteiger charge is -2.03. The first-order valence-electron chi connectivity index (χ1n) is 6.49. The van der Waals surface area contributed by atoms with Gasteiger partial charge in [-0.3, -0.25) is 4.68 Å². The molecule has 2 aromatic rings. The third kappa shape index (κ3) is 3.18. The zero-order valence-corrected chi connectivity index (χ0v) is 12.8. The van der Waals surface area contributed by atoms with Crippen molar-refractivity contribution < 1.29 is 0 Å². The summed E-state index contributed by atoms with van der Waals surface area (Å²) in [6.07, 6.45) is 0. The maximum Gasteiger partial charge on any atom is 0.155 e. The number of rotatable bonds is 1. The molecule has 0 aliphatic carbocycles. The minimum atomic E-state index is 0.762. The van der Waals surface area contributed by atoms with Gasteiger partial charge in [-0.15, -0.1) is 0 Å². The van der Waals surface area contributed by atoms with Gasteiger partial charge in [0.1, 0.15) is 16.9 Å². The zero-order chi connectivity index (χ0) is 14.3. The van der Waals surface area contributed by atoms with Crippen LogP contribution in [0.25, 0.3) is 11.0 Å². The highest BCUT2D eigenvalue weighted by atomic mass is 15.3. The molecule has 0 aliphatic rings. The maximum atomic E-state index is 4.37. The van der Waals surface area contributed by atoms with Crippen LogP contribution < -0.4 is 5.32 Å². The van der Waals surface area contributed by atoms with E-state index in [1.807, 2.05) is 55.6 Å². The number of aromatic nitrogens is 4. The summed E-state index contributed by atoms with van der Waals surface area (Å²) < 4.78 is 1.80. The molecule has 0 bridgehead atoms. The summed E-state index contributed by atoms with van der Waals surface area (Å²) >= 11 is 0. The van der Waals surface area contributed by atoms with Crippen molar-refractivity contribution in [3.8, 4) is 0 Å². The summed E-state index contributed by atoms with van der Waals surface area (Å²) in [5, 5.41) is 7.37. The van der Waals surface area contributed by atoms with Crippen molar-refractivity contribution in [1.29, 1.82) is 0 Å². The van der Waals surface area contributed by atoms with Gasteiger partial charge in [-0.1, -0.05) is 27.7 Å². The highest BCUT2D eigenvalue weighted by Crippen LogP contribution is 2.21. The van der Waals surface area contributed by atoms with Crippen molar-refractivity contribution >= 4 is 16.9 Å². The first-order valence-corrected chi connectivity index (χ1v) is 6.49. The van der Waals surface area contributed by atoms with E-state index in [2.05, 4.69) is 20.4 Å². The van der Waals surface area contributed by atoms with E-state index in [-0.39, 0.29) is 0 Å². The van der Waals surface area contributed by atoms with E-state index >= 15 is 0 Å². The molecule has 0 saturated heterocycles. The summed E-state index contributed by atoms with van der Waals surface area (Å²) in [5.41, 5.74) is 2.81. The van der Waals surface area contributed by atoms with Crippen molar-refractivity contribution in [2.24, 2.45) is 7.05 Å². The fourth-order valence-electron chi connectivity index (χ4n) is 1.62. The number of hydrogen-bond acceptors (Lipinski definition) is 4. The fraction of sp³-hybridized carbons (Fsp3) is 0.615. The van der Waals surface area contributed by atoms with E-state index in [1.54, 1.807) is 4.68 Å². The molecule has 0 amide bonds. The van der Waals surface area contributed by atoms with Crippen molar-refractivity contribution in [3.63, 3.8) is 0 Å². The number of aryl methyl sites for hydroxylation is 3. The second kappa shape index (κ2) is 7.63. The van der Waals surface area contributed by atoms with Crippen molar-refractivity contribution in [2.45, 2.75) is 41.5 Å². The number of nitrogens with zero attached hydrogens (tertiary/aromatic N) is 4. The minimum absolute atomic E-state index is 0.762. The average molecular weight is 251 g/mol. The third-order valence-electron chi connectivity index (χ3n) is 2.20. The molecule has 2 aromatic heterocycles. The lowest BCUT2D eigenvalue weighted by atomic mass is 10.3. The van der Waals surface area contributed by atoms with E-state index < -0.39 is 0 Å². The Kier molecular flexibility index (Phi) is 6.93. The van der Waals surface area contributed by atoms with Crippen LogP contribution in [0, 0.1) is 13.8 Å². The molecule has 0 aliphatic heterocycles. The molecule has 0 spiro atoms. The highest BCUT2D eigenvalue weighted by molar-refractivity contribution is 5.87. The van der Waals surface area contributed by atoms with Gasteiger partial charge in [0.2, 0.25) is 0 Å². The molecule has 102 valence electrons. The SMILES string of the molecule is CC.CC.CNc1nc(C)nc2c(C)nn(C)c12. The molecule has 0 aromatic carbocycles. The number of fused-ring (bicyclic) bond motifs is 1. The standard InChI is InChI=1S/C9H13N5.2C2H6/c1-5-7-8(14(4)13-5)9(10-3)12-6(2)11-7;2*1-2/h1-4H3,(H,10,11,12);2*1-2H3. The average Bonchev–Trinajstić information content (AvgIpc) is 2.69. The van der Waals surface area contributed by atoms with Crippen molar-refractivity contribution in [1.82, 2.24) is 19.7 Å². The van der Waals surface area contributed by atoms with Crippen LogP contribution in [0.5, 0.6) is 0 Å². The largest absolute Gasteiger partial charge is 0.371 e. The van der Waals surface area contributed by atoms with Gasteiger partial charge < -0.3 is 5.32 Å². The third-order valence-corrected chi connectivity index (χ3v) is 2.20. The topological polar surface area (TPSA) is 55.6 Å². The van der Waals surface area contributed by atoms with Crippen LogP contribution in [0.15, 0.2) is 0 Å². The van der Waals surface area contributed by atoms with E-state index in [0.29, 0.717) is 0 Å². The molecule has 5 heteroatoms. The fourth-order valence-corrected chi connectivity index (χ4v) is 1.62. The monoisotopic (exact) mass is 251 g/mol. The molecule has 2 heterocycles. The maximum absolute atomic E-state index is 4.37. The Morgan fingerprint density at radius 3 is 2.06 bits per heavy atom. The van der Waals surface area contributed by atoms with E-state index in [1.165, 1.54) is 0 Å². The van der Waals surface area contributed by atoms with Gasteiger partial charge in [0.05, 0.1) is 5.69 Å². The first kappa shape index (κ1) is 16.4. The summed E-state index contributed by atoms with van der Waals surface area (Å²) in [6, 6.07) is 0. The van der Waals surface area contributed by atoms with Gasteiger partial charge in [-0.25, -0.2) is 9.97 Å². The predicted octanol–water partition coefficient (Wildman–Crippen LogP) is 3.07. The predicted molar refractivity (Wildman–Crippen MR) is 78.0 cm³/mol. The van der Waals surface area contributed by atoms with Crippen LogP contribution in [0.2, 0.25) is 0 Å². The van der Waals surface area contributed by atoms with Crippen molar-refractivity contribution in [3.05, 3.63) is 11.5 Å². The van der Waals surface area contributed by atoms with Gasteiger partial charge in [0.25, 0.3) is 0 Å². The minimum Gasteiger partial charge on any atom is -0.371 e. The van der Waals surface area contributed by atoms with Crippen LogP contribution in [0.1, 0.15) is 39.2 Å². The molecule has 5 nitrogen and oxygen atoms in total. The number of hydrogen-bond donors (Lipinski definition) is 1. The molecule has 1 N–H and O–H groups in total. The van der Waals surface area contributed by atoms with Gasteiger partial charge in [-0.2, -0.15) is 5.10 Å². The Balaban J connectivity index is 0.000000659. The summed E-state index contributed by atoms with van der Waals surface area (Å²) in [5.74, 6) is 1.59. The lowest BCUT2D eigenvalue weighted by molar-refractivity contribution is 0.782. The Morgan fingerprint density at radius 1 is 1.00 bits per heavy atom. The van der Waals surface area contributed by atoms with Crippen molar-refractivity contribution in [2.75, 3.05) is 12.4 Å². The van der Waals surface area contributed by atoms with Crippen LogP contribution in [-0.2, 0) is 7.05 Å². The second-order valence-corrected chi connectivity index (χ2v) is 3.28. The normalized spacial score (nSPS) is 9.11. The van der Waals surface area contributed by atoms with Gasteiger partial charge in [-0.05, 0) is 13.8 Å². The quantitative estimate of drug-likeness (QED) is 0.846. The molecule has 0 saturated carbocycles. The molecule has 0 fully saturated rings. The highest BCUT2D eigenvalue weighted by Gasteiger charge is 2.11. The lowest BCUT2D eigenvalue weighted by Crippen LogP contribution is -2.00. The number of nitrogens with one attached hydrogen (secondary N) is 1. The zero-order valence-electron chi connectivity index (χ0n) is 12.8. The van der Waals surface area contributed by atoms with E-state index in [4.69, 9.17) is 0 Å². The Morgan fingerprint density at radius 2 is 1.56 bits per heavy atom. The molecule has 0 unspecified atom stereocenters. The Bertz CT molecular complexity index is 488. The molecule has 2 rings (SSSR count). The Labute approximate surface area is 110 Å². The first-order chi connectivity index (χ1) is 8.63. The van der Waals surface area contributed by atoms with Crippen LogP contribution in [-0.4, -0.2) is 26.8 Å². The molecule has 0 radical (unpaired) electrons. The summed E-state index contributed by atoms with van der Waals surface area (Å²) in [7, 11) is 3.75. The van der Waals surface area contributed by atoms with Crippen LogP contribution in [0.4, 0.5) is 5.82 Å². The summed E-state index contributed by atoms with van der Waals surface area (Å²) in [6.45, 7) is 11.8. The molecular formula is C13H25N5. The van der Waals surface area contributed by atoms with Gasteiger partial charge in [0, 0.05) is 14.1 Å². The van der Waals surface area contributed by atoms with E-state index in [9.17, 15) is 0 Å². The molecular weight excluding hydrogens is 226 g/mol. The van der Waals surface area contributed by atoms with Gasteiger partial charge in [0.15, 0.2) is 5.82 Å². The summed E-state index contributed by atoms with van der Waals surface area (Å²) in [4.78, 5) is 8.68. The van der Waals surface area contributed by atoms with E-state index in [0.717, 1.165) is 28.4 Å². The number of anilines is 1. The van der Waals surface area contributed by atoms with Crippen LogP contribution >= 0.6 is 0 Å².